The third kappa shape index (κ3) is 4.40. The number of nitrogens with one attached hydrogen (secondary N) is 3. The Labute approximate surface area is 164 Å². The average Bonchev–Trinajstić information content (AvgIpc) is 3.40. The minimum absolute atomic E-state index is 0.0511. The molecule has 1 aliphatic carbocycles. The summed E-state index contributed by atoms with van der Waals surface area (Å²) in [7, 11) is 1.97. The van der Waals surface area contributed by atoms with Gasteiger partial charge in [-0.15, -0.1) is 0 Å². The summed E-state index contributed by atoms with van der Waals surface area (Å²) in [6.45, 7) is 2.65. The number of anilines is 1. The highest BCUT2D eigenvalue weighted by atomic mass is 16.2. The lowest BCUT2D eigenvalue weighted by molar-refractivity contribution is -0.118. The van der Waals surface area contributed by atoms with Crippen LogP contribution in [0, 0.1) is 0 Å². The Balaban J connectivity index is 1.39. The van der Waals surface area contributed by atoms with Gasteiger partial charge in [0, 0.05) is 56.4 Å². The number of amides is 2. The molecule has 2 heterocycles. The van der Waals surface area contributed by atoms with Crippen molar-refractivity contribution in [1.29, 1.82) is 0 Å². The molecule has 2 aromatic rings. The number of nitrogens with zero attached hydrogens (tertiary/aromatic N) is 3. The lowest BCUT2D eigenvalue weighted by Crippen LogP contribution is -2.49. The zero-order chi connectivity index (χ0) is 19.5. The summed E-state index contributed by atoms with van der Waals surface area (Å²) in [6.07, 6.45) is 5.79. The second kappa shape index (κ2) is 8.12. The van der Waals surface area contributed by atoms with Crippen molar-refractivity contribution in [2.75, 3.05) is 31.5 Å². The second-order valence-electron chi connectivity index (χ2n) is 7.46. The minimum Gasteiger partial charge on any atom is -0.349 e. The molecule has 1 atom stereocenters. The molecule has 4 rings (SSSR count). The van der Waals surface area contributed by atoms with E-state index in [1.807, 2.05) is 17.8 Å². The number of hydrogen-bond donors (Lipinski definition) is 3. The minimum atomic E-state index is -0.0964. The van der Waals surface area contributed by atoms with E-state index in [1.54, 1.807) is 30.5 Å². The summed E-state index contributed by atoms with van der Waals surface area (Å²) >= 11 is 0. The normalized spacial score (nSPS) is 20.0. The summed E-state index contributed by atoms with van der Waals surface area (Å²) in [5.41, 5.74) is 1.20. The smallest absolute Gasteiger partial charge is 0.251 e. The number of piperazine rings is 1. The zero-order valence-corrected chi connectivity index (χ0v) is 16.0. The number of aromatic nitrogens is 2. The molecule has 2 aliphatic rings. The van der Waals surface area contributed by atoms with Crippen molar-refractivity contribution in [3.05, 3.63) is 48.0 Å². The van der Waals surface area contributed by atoms with Crippen LogP contribution in [0.4, 0.5) is 5.69 Å². The van der Waals surface area contributed by atoms with Crippen molar-refractivity contribution in [2.24, 2.45) is 7.05 Å². The van der Waals surface area contributed by atoms with Gasteiger partial charge in [-0.3, -0.25) is 14.5 Å². The van der Waals surface area contributed by atoms with Gasteiger partial charge in [0.2, 0.25) is 5.91 Å². The van der Waals surface area contributed by atoms with Crippen LogP contribution in [0.15, 0.2) is 36.7 Å². The number of aryl methyl sites for hydroxylation is 1. The van der Waals surface area contributed by atoms with Crippen molar-refractivity contribution < 1.29 is 9.59 Å². The van der Waals surface area contributed by atoms with Crippen LogP contribution in [0.5, 0.6) is 0 Å². The maximum Gasteiger partial charge on any atom is 0.251 e. The monoisotopic (exact) mass is 382 g/mol. The molecule has 0 radical (unpaired) electrons. The molecule has 1 aromatic heterocycles. The number of benzene rings is 1. The second-order valence-corrected chi connectivity index (χ2v) is 7.46. The standard InChI is InChI=1S/C20H26N6O2/c1-25-9-8-22-19(25)17-12-21-7-10-26(17)13-18(27)23-16-4-2-3-14(11-16)20(28)24-15-5-6-15/h2-4,8-9,11,15,17,21H,5-7,10,12-13H2,1H3,(H,23,27)(H,24,28). The maximum absolute atomic E-state index is 12.6. The maximum atomic E-state index is 12.6. The van der Waals surface area contributed by atoms with E-state index in [4.69, 9.17) is 0 Å². The number of carbonyl (C=O) groups excluding carboxylic acids is 2. The molecule has 1 unspecified atom stereocenters. The van der Waals surface area contributed by atoms with E-state index in [9.17, 15) is 9.59 Å². The molecule has 8 nitrogen and oxygen atoms in total. The van der Waals surface area contributed by atoms with Crippen LogP contribution in [0.1, 0.15) is 35.1 Å². The van der Waals surface area contributed by atoms with E-state index in [2.05, 4.69) is 25.8 Å². The molecule has 1 aliphatic heterocycles. The highest BCUT2D eigenvalue weighted by Crippen LogP contribution is 2.21. The van der Waals surface area contributed by atoms with Gasteiger partial charge in [-0.05, 0) is 31.0 Å². The van der Waals surface area contributed by atoms with E-state index in [0.717, 1.165) is 38.3 Å². The fourth-order valence-corrected chi connectivity index (χ4v) is 3.51. The molecule has 28 heavy (non-hydrogen) atoms. The molecular formula is C20H26N6O2. The number of hydrogen-bond acceptors (Lipinski definition) is 5. The van der Waals surface area contributed by atoms with Crippen LogP contribution in [0.2, 0.25) is 0 Å². The molecule has 8 heteroatoms. The zero-order valence-electron chi connectivity index (χ0n) is 16.0. The van der Waals surface area contributed by atoms with Gasteiger partial charge in [0.1, 0.15) is 5.82 Å². The van der Waals surface area contributed by atoms with E-state index in [-0.39, 0.29) is 24.4 Å². The Morgan fingerprint density at radius 2 is 2.18 bits per heavy atom. The molecule has 2 fully saturated rings. The van der Waals surface area contributed by atoms with E-state index in [1.165, 1.54) is 0 Å². The molecule has 2 amide bonds. The summed E-state index contributed by atoms with van der Waals surface area (Å²) in [4.78, 5) is 31.4. The quantitative estimate of drug-likeness (QED) is 0.690. The van der Waals surface area contributed by atoms with Gasteiger partial charge in [0.25, 0.3) is 5.91 Å². The fourth-order valence-electron chi connectivity index (χ4n) is 3.51. The van der Waals surface area contributed by atoms with Gasteiger partial charge in [0.05, 0.1) is 12.6 Å². The van der Waals surface area contributed by atoms with Gasteiger partial charge < -0.3 is 20.5 Å². The Kier molecular flexibility index (Phi) is 5.40. The Morgan fingerprint density at radius 1 is 1.32 bits per heavy atom. The van der Waals surface area contributed by atoms with E-state index >= 15 is 0 Å². The lowest BCUT2D eigenvalue weighted by Gasteiger charge is -2.35. The molecular weight excluding hydrogens is 356 g/mol. The highest BCUT2D eigenvalue weighted by molar-refractivity contribution is 5.97. The first kappa shape index (κ1) is 18.6. The SMILES string of the molecule is Cn1ccnc1C1CNCCN1CC(=O)Nc1cccc(C(=O)NC2CC2)c1. The van der Waals surface area contributed by atoms with Gasteiger partial charge in [-0.25, -0.2) is 4.98 Å². The Hall–Kier alpha value is -2.71. The number of carbonyl (C=O) groups is 2. The van der Waals surface area contributed by atoms with Crippen LogP contribution < -0.4 is 16.0 Å². The first-order valence-corrected chi connectivity index (χ1v) is 9.73. The predicted molar refractivity (Wildman–Crippen MR) is 106 cm³/mol. The molecule has 0 bridgehead atoms. The molecule has 1 aromatic carbocycles. The fraction of sp³-hybridized carbons (Fsp3) is 0.450. The van der Waals surface area contributed by atoms with Crippen LogP contribution in [0.3, 0.4) is 0 Å². The van der Waals surface area contributed by atoms with Crippen molar-refractivity contribution in [3.63, 3.8) is 0 Å². The van der Waals surface area contributed by atoms with Crippen LogP contribution in [0.25, 0.3) is 0 Å². The third-order valence-corrected chi connectivity index (χ3v) is 5.18. The summed E-state index contributed by atoms with van der Waals surface area (Å²) in [6, 6.07) is 7.44. The molecule has 3 N–H and O–H groups in total. The van der Waals surface area contributed by atoms with E-state index in [0.29, 0.717) is 17.3 Å². The van der Waals surface area contributed by atoms with E-state index < -0.39 is 0 Å². The van der Waals surface area contributed by atoms with Gasteiger partial charge in [-0.1, -0.05) is 6.07 Å². The van der Waals surface area contributed by atoms with Gasteiger partial charge in [-0.2, -0.15) is 0 Å². The number of imidazole rings is 1. The Morgan fingerprint density at radius 3 is 2.93 bits per heavy atom. The topological polar surface area (TPSA) is 91.3 Å². The first-order valence-electron chi connectivity index (χ1n) is 9.73. The van der Waals surface area contributed by atoms with Crippen LogP contribution >= 0.6 is 0 Å². The molecule has 148 valence electrons. The Bertz CT molecular complexity index is 860. The molecule has 1 saturated carbocycles. The number of rotatable bonds is 6. The summed E-state index contributed by atoms with van der Waals surface area (Å²) in [5.74, 6) is 0.759. The largest absolute Gasteiger partial charge is 0.349 e. The molecule has 1 saturated heterocycles. The third-order valence-electron chi connectivity index (χ3n) is 5.18. The molecule has 0 spiro atoms. The van der Waals surface area contributed by atoms with Crippen molar-refractivity contribution in [2.45, 2.75) is 24.9 Å². The van der Waals surface area contributed by atoms with Gasteiger partial charge >= 0.3 is 0 Å². The highest BCUT2D eigenvalue weighted by Gasteiger charge is 2.28. The van der Waals surface area contributed by atoms with Crippen molar-refractivity contribution in [3.8, 4) is 0 Å². The predicted octanol–water partition coefficient (Wildman–Crippen LogP) is 0.897. The summed E-state index contributed by atoms with van der Waals surface area (Å²) < 4.78 is 1.99. The first-order chi connectivity index (χ1) is 13.6. The average molecular weight is 382 g/mol. The lowest BCUT2D eigenvalue weighted by atomic mass is 10.1. The summed E-state index contributed by atoms with van der Waals surface area (Å²) in [5, 5.41) is 9.27. The van der Waals surface area contributed by atoms with Crippen LogP contribution in [-0.2, 0) is 11.8 Å². The van der Waals surface area contributed by atoms with Crippen molar-refractivity contribution >= 4 is 17.5 Å². The van der Waals surface area contributed by atoms with Crippen LogP contribution in [-0.4, -0.2) is 58.5 Å². The van der Waals surface area contributed by atoms with Gasteiger partial charge in [0.15, 0.2) is 0 Å². The van der Waals surface area contributed by atoms with Crippen molar-refractivity contribution in [1.82, 2.24) is 25.1 Å².